The Balaban J connectivity index is 1.92. The van der Waals surface area contributed by atoms with Crippen LogP contribution in [0.15, 0.2) is 36.4 Å². The summed E-state index contributed by atoms with van der Waals surface area (Å²) in [5.41, 5.74) is 0.511. The number of methoxy groups -OCH3 is 1. The maximum Gasteiger partial charge on any atom is 0.262 e. The van der Waals surface area contributed by atoms with Gasteiger partial charge < -0.3 is 14.8 Å². The molecule has 22 heavy (non-hydrogen) atoms. The Bertz CT molecular complexity index is 694. The van der Waals surface area contributed by atoms with Gasteiger partial charge >= 0.3 is 0 Å². The predicted octanol–water partition coefficient (Wildman–Crippen LogP) is 4.16. The number of hydrogen-bond acceptors (Lipinski definition) is 3. The zero-order chi connectivity index (χ0) is 16.1. The van der Waals surface area contributed by atoms with Crippen molar-refractivity contribution in [3.05, 3.63) is 52.3 Å². The summed E-state index contributed by atoms with van der Waals surface area (Å²) in [6, 6.07) is 8.70. The van der Waals surface area contributed by atoms with Crippen LogP contribution < -0.4 is 14.8 Å². The molecular weight excluding hydrogens is 332 g/mol. The topological polar surface area (TPSA) is 47.6 Å². The van der Waals surface area contributed by atoms with Crippen LogP contribution in [0.1, 0.15) is 0 Å². The first-order valence-electron chi connectivity index (χ1n) is 6.21. The SMILES string of the molecule is COc1ccc(NC(=O)COc2ccc(F)c(Cl)c2)cc1Cl. The Labute approximate surface area is 136 Å². The number of halogens is 3. The second kappa shape index (κ2) is 7.33. The molecule has 0 bridgehead atoms. The van der Waals surface area contributed by atoms with Gasteiger partial charge in [-0.2, -0.15) is 0 Å². The van der Waals surface area contributed by atoms with E-state index in [1.165, 1.54) is 25.3 Å². The maximum atomic E-state index is 13.0. The molecule has 116 valence electrons. The van der Waals surface area contributed by atoms with Gasteiger partial charge in [0.15, 0.2) is 6.61 Å². The Morgan fingerprint density at radius 2 is 1.95 bits per heavy atom. The number of nitrogens with one attached hydrogen (secondary N) is 1. The number of carbonyl (C=O) groups excluding carboxylic acids is 1. The number of benzene rings is 2. The lowest BCUT2D eigenvalue weighted by atomic mass is 10.3. The molecule has 2 aromatic rings. The molecule has 7 heteroatoms. The molecule has 0 aliphatic rings. The lowest BCUT2D eigenvalue weighted by Crippen LogP contribution is -2.20. The molecule has 1 amide bonds. The van der Waals surface area contributed by atoms with E-state index in [-0.39, 0.29) is 17.5 Å². The summed E-state index contributed by atoms with van der Waals surface area (Å²) in [5.74, 6) is -0.126. The van der Waals surface area contributed by atoms with Crippen LogP contribution in [0.5, 0.6) is 11.5 Å². The highest BCUT2D eigenvalue weighted by Crippen LogP contribution is 2.27. The van der Waals surface area contributed by atoms with E-state index in [0.29, 0.717) is 22.2 Å². The van der Waals surface area contributed by atoms with Crippen LogP contribution in [0.3, 0.4) is 0 Å². The van der Waals surface area contributed by atoms with E-state index < -0.39 is 5.82 Å². The largest absolute Gasteiger partial charge is 0.495 e. The fraction of sp³-hybridized carbons (Fsp3) is 0.133. The highest BCUT2D eigenvalue weighted by Gasteiger charge is 2.08. The minimum atomic E-state index is -0.550. The summed E-state index contributed by atoms with van der Waals surface area (Å²) >= 11 is 11.6. The fourth-order valence-electron chi connectivity index (χ4n) is 1.66. The highest BCUT2D eigenvalue weighted by molar-refractivity contribution is 6.32. The van der Waals surface area contributed by atoms with Crippen LogP contribution in [0.25, 0.3) is 0 Å². The van der Waals surface area contributed by atoms with E-state index in [9.17, 15) is 9.18 Å². The summed E-state index contributed by atoms with van der Waals surface area (Å²) in [7, 11) is 1.50. The Morgan fingerprint density at radius 3 is 2.59 bits per heavy atom. The van der Waals surface area contributed by atoms with Gasteiger partial charge in [0.05, 0.1) is 17.2 Å². The first kappa shape index (κ1) is 16.4. The van der Waals surface area contributed by atoms with Crippen molar-refractivity contribution in [2.45, 2.75) is 0 Å². The molecule has 2 rings (SSSR count). The van der Waals surface area contributed by atoms with Gasteiger partial charge in [0.1, 0.15) is 17.3 Å². The monoisotopic (exact) mass is 343 g/mol. The van der Waals surface area contributed by atoms with Gasteiger partial charge in [0.2, 0.25) is 0 Å². The van der Waals surface area contributed by atoms with Crippen molar-refractivity contribution in [2.75, 3.05) is 19.0 Å². The van der Waals surface area contributed by atoms with Crippen LogP contribution in [0.2, 0.25) is 10.0 Å². The van der Waals surface area contributed by atoms with Crippen LogP contribution in [0.4, 0.5) is 10.1 Å². The van der Waals surface area contributed by atoms with Gasteiger partial charge in [0, 0.05) is 11.8 Å². The summed E-state index contributed by atoms with van der Waals surface area (Å²) in [6.07, 6.45) is 0. The van der Waals surface area contributed by atoms with E-state index in [0.717, 1.165) is 0 Å². The van der Waals surface area contributed by atoms with E-state index in [1.807, 2.05) is 0 Å². The van der Waals surface area contributed by atoms with Gasteiger partial charge in [-0.05, 0) is 30.3 Å². The third kappa shape index (κ3) is 4.26. The molecule has 0 aromatic heterocycles. The van der Waals surface area contributed by atoms with Crippen molar-refractivity contribution < 1.29 is 18.7 Å². The lowest BCUT2D eigenvalue weighted by Gasteiger charge is -2.09. The lowest BCUT2D eigenvalue weighted by molar-refractivity contribution is -0.118. The van der Waals surface area contributed by atoms with Gasteiger partial charge in [-0.25, -0.2) is 4.39 Å². The van der Waals surface area contributed by atoms with E-state index >= 15 is 0 Å². The number of anilines is 1. The first-order chi connectivity index (χ1) is 10.5. The number of carbonyl (C=O) groups is 1. The summed E-state index contributed by atoms with van der Waals surface area (Å²) in [6.45, 7) is -0.244. The summed E-state index contributed by atoms with van der Waals surface area (Å²) in [5, 5.41) is 2.93. The fourth-order valence-corrected chi connectivity index (χ4v) is 2.08. The summed E-state index contributed by atoms with van der Waals surface area (Å²) < 4.78 is 23.2. The molecule has 0 aliphatic carbocycles. The Hall–Kier alpha value is -1.98. The summed E-state index contributed by atoms with van der Waals surface area (Å²) in [4.78, 5) is 11.8. The number of hydrogen-bond donors (Lipinski definition) is 1. The van der Waals surface area contributed by atoms with Crippen LogP contribution in [0, 0.1) is 5.82 Å². The molecule has 0 aliphatic heterocycles. The third-order valence-corrected chi connectivity index (χ3v) is 3.28. The molecule has 4 nitrogen and oxygen atoms in total. The van der Waals surface area contributed by atoms with E-state index in [4.69, 9.17) is 32.7 Å². The minimum absolute atomic E-state index is 0.0696. The van der Waals surface area contributed by atoms with Crippen molar-refractivity contribution in [3.8, 4) is 11.5 Å². The molecular formula is C15H12Cl2FNO3. The molecule has 0 saturated carbocycles. The molecule has 0 heterocycles. The molecule has 0 radical (unpaired) electrons. The van der Waals surface area contributed by atoms with Crippen molar-refractivity contribution in [1.82, 2.24) is 0 Å². The minimum Gasteiger partial charge on any atom is -0.495 e. The predicted molar refractivity (Wildman–Crippen MR) is 83.5 cm³/mol. The molecule has 1 N–H and O–H groups in total. The zero-order valence-electron chi connectivity index (χ0n) is 11.5. The maximum absolute atomic E-state index is 13.0. The van der Waals surface area contributed by atoms with Crippen molar-refractivity contribution in [2.24, 2.45) is 0 Å². The molecule has 0 atom stereocenters. The molecule has 0 spiro atoms. The van der Waals surface area contributed by atoms with Crippen LogP contribution >= 0.6 is 23.2 Å². The standard InChI is InChI=1S/C15H12Cl2FNO3/c1-21-14-5-2-9(6-12(14)17)19-15(20)8-22-10-3-4-13(18)11(16)7-10/h2-7H,8H2,1H3,(H,19,20). The average Bonchev–Trinajstić information content (AvgIpc) is 2.49. The molecule has 0 fully saturated rings. The molecule has 0 unspecified atom stereocenters. The smallest absolute Gasteiger partial charge is 0.262 e. The van der Waals surface area contributed by atoms with Crippen molar-refractivity contribution >= 4 is 34.8 Å². The second-order valence-corrected chi connectivity index (χ2v) is 5.08. The zero-order valence-corrected chi connectivity index (χ0v) is 13.0. The second-order valence-electron chi connectivity index (χ2n) is 4.26. The van der Waals surface area contributed by atoms with Crippen LogP contribution in [-0.2, 0) is 4.79 Å². The Morgan fingerprint density at radius 1 is 1.18 bits per heavy atom. The first-order valence-corrected chi connectivity index (χ1v) is 6.96. The van der Waals surface area contributed by atoms with Crippen LogP contribution in [-0.4, -0.2) is 19.6 Å². The van der Waals surface area contributed by atoms with Crippen molar-refractivity contribution in [3.63, 3.8) is 0 Å². The number of ether oxygens (including phenoxy) is 2. The number of amides is 1. The number of rotatable bonds is 5. The molecule has 0 saturated heterocycles. The van der Waals surface area contributed by atoms with E-state index in [1.54, 1.807) is 18.2 Å². The molecule has 2 aromatic carbocycles. The van der Waals surface area contributed by atoms with Gasteiger partial charge in [-0.3, -0.25) is 4.79 Å². The average molecular weight is 344 g/mol. The Kier molecular flexibility index (Phi) is 5.46. The normalized spacial score (nSPS) is 10.2. The van der Waals surface area contributed by atoms with Crippen molar-refractivity contribution in [1.29, 1.82) is 0 Å². The third-order valence-electron chi connectivity index (χ3n) is 2.70. The van der Waals surface area contributed by atoms with Gasteiger partial charge in [-0.1, -0.05) is 23.2 Å². The van der Waals surface area contributed by atoms with Gasteiger partial charge in [-0.15, -0.1) is 0 Å². The highest BCUT2D eigenvalue weighted by atomic mass is 35.5. The quantitative estimate of drug-likeness (QED) is 0.886. The van der Waals surface area contributed by atoms with E-state index in [2.05, 4.69) is 5.32 Å². The van der Waals surface area contributed by atoms with Gasteiger partial charge in [0.25, 0.3) is 5.91 Å².